The lowest BCUT2D eigenvalue weighted by atomic mass is 9.83. The number of nitrogens with zero attached hydrogens (tertiary/aromatic N) is 2. The molecule has 0 amide bonds. The SMILES string of the molecule is C#C/C(=C\N(C)C)C(=O)C1=C/C2=C/C/C(F)=C(C3CCN(C(C)C)CC3)\C=C/C2(C)N1. The number of hydrogen-bond donors (Lipinski definition) is 1. The van der Waals surface area contributed by atoms with Crippen molar-refractivity contribution < 1.29 is 9.18 Å². The highest BCUT2D eigenvalue weighted by atomic mass is 19.1. The minimum atomic E-state index is -0.562. The van der Waals surface area contributed by atoms with E-state index in [9.17, 15) is 4.79 Å². The highest BCUT2D eigenvalue weighted by molar-refractivity contribution is 6.11. The Morgan fingerprint density at radius 1 is 1.39 bits per heavy atom. The average Bonchev–Trinajstić information content (AvgIpc) is 3.05. The maximum absolute atomic E-state index is 15.1. The van der Waals surface area contributed by atoms with Crippen molar-refractivity contribution in [3.63, 3.8) is 0 Å². The van der Waals surface area contributed by atoms with Gasteiger partial charge in [-0.15, -0.1) is 6.42 Å². The van der Waals surface area contributed by atoms with Crippen LogP contribution in [-0.4, -0.2) is 54.3 Å². The van der Waals surface area contributed by atoms with Crippen LogP contribution in [0, 0.1) is 18.3 Å². The Hall–Kier alpha value is -2.58. The molecule has 1 saturated heterocycles. The van der Waals surface area contributed by atoms with Gasteiger partial charge in [0.1, 0.15) is 5.83 Å². The minimum Gasteiger partial charge on any atom is -0.382 e. The first-order valence-corrected chi connectivity index (χ1v) is 11.1. The monoisotopic (exact) mass is 423 g/mol. The molecule has 0 spiro atoms. The van der Waals surface area contributed by atoms with E-state index in [2.05, 4.69) is 30.0 Å². The summed E-state index contributed by atoms with van der Waals surface area (Å²) in [6, 6.07) is 0.524. The van der Waals surface area contributed by atoms with Gasteiger partial charge in [0.15, 0.2) is 0 Å². The van der Waals surface area contributed by atoms with E-state index in [1.165, 1.54) is 0 Å². The van der Waals surface area contributed by atoms with E-state index in [0.717, 1.165) is 37.1 Å². The number of carbonyl (C=O) groups excluding carboxylic acids is 1. The Labute approximate surface area is 186 Å². The van der Waals surface area contributed by atoms with Crippen molar-refractivity contribution in [2.24, 2.45) is 5.92 Å². The number of terminal acetylenes is 1. The molecule has 0 saturated carbocycles. The second kappa shape index (κ2) is 9.28. The maximum Gasteiger partial charge on any atom is 0.218 e. The van der Waals surface area contributed by atoms with Crippen LogP contribution in [0.1, 0.15) is 40.0 Å². The van der Waals surface area contributed by atoms with Crippen LogP contribution in [0.15, 0.2) is 58.7 Å². The number of nitrogens with one attached hydrogen (secondary N) is 1. The molecule has 5 heteroatoms. The van der Waals surface area contributed by atoms with E-state index in [0.29, 0.717) is 11.7 Å². The summed E-state index contributed by atoms with van der Waals surface area (Å²) in [6.45, 7) is 8.42. The minimum absolute atomic E-state index is 0.0706. The molecule has 1 aliphatic carbocycles. The number of likely N-dealkylation sites (tertiary alicyclic amines) is 1. The topological polar surface area (TPSA) is 35.6 Å². The van der Waals surface area contributed by atoms with Crippen LogP contribution in [0.25, 0.3) is 0 Å². The first-order valence-electron chi connectivity index (χ1n) is 11.1. The predicted octanol–water partition coefficient (Wildman–Crippen LogP) is 4.11. The molecule has 0 aromatic carbocycles. The van der Waals surface area contributed by atoms with E-state index >= 15 is 4.39 Å². The largest absolute Gasteiger partial charge is 0.382 e. The highest BCUT2D eigenvalue weighted by Gasteiger charge is 2.36. The summed E-state index contributed by atoms with van der Waals surface area (Å²) in [5.74, 6) is 2.41. The van der Waals surface area contributed by atoms with Crippen LogP contribution in [-0.2, 0) is 4.79 Å². The lowest BCUT2D eigenvalue weighted by molar-refractivity contribution is -0.112. The maximum atomic E-state index is 15.1. The normalized spacial score (nSPS) is 30.3. The Balaban J connectivity index is 1.81. The summed E-state index contributed by atoms with van der Waals surface area (Å²) in [4.78, 5) is 17.1. The van der Waals surface area contributed by atoms with Gasteiger partial charge < -0.3 is 15.1 Å². The molecular formula is C26H34FN3O. The van der Waals surface area contributed by atoms with Gasteiger partial charge in [0.25, 0.3) is 0 Å². The van der Waals surface area contributed by atoms with E-state index in [1.54, 1.807) is 17.2 Å². The number of piperidine rings is 1. The van der Waals surface area contributed by atoms with Gasteiger partial charge in [-0.1, -0.05) is 24.1 Å². The molecule has 3 rings (SSSR count). The molecule has 3 aliphatic rings. The zero-order chi connectivity index (χ0) is 22.8. The first-order chi connectivity index (χ1) is 14.6. The molecule has 1 unspecified atom stereocenters. The lowest BCUT2D eigenvalue weighted by Crippen LogP contribution is -2.40. The standard InChI is InChI=1S/C26H34FN3O/c1-7-19(17-29(5)6)25(31)24-16-21-8-9-23(27)22(10-13-26(21,4)28-24)20-11-14-30(15-12-20)18(2)3/h1,8,10,13,16-18,20,28H,9,11-12,14-15H2,2-6H3/b13-10-,19-17+,21-8-,23-22-. The molecular weight excluding hydrogens is 389 g/mol. The lowest BCUT2D eigenvalue weighted by Gasteiger charge is -2.35. The molecule has 1 fully saturated rings. The first kappa shape index (κ1) is 23.1. The van der Waals surface area contributed by atoms with Gasteiger partial charge >= 0.3 is 0 Å². The fraction of sp³-hybridized carbons (Fsp3) is 0.500. The molecule has 1 N–H and O–H groups in total. The summed E-state index contributed by atoms with van der Waals surface area (Å²) < 4.78 is 15.1. The smallest absolute Gasteiger partial charge is 0.218 e. The van der Waals surface area contributed by atoms with Gasteiger partial charge in [-0.05, 0) is 69.8 Å². The highest BCUT2D eigenvalue weighted by Crippen LogP contribution is 2.36. The van der Waals surface area contributed by atoms with Crippen LogP contribution in [0.3, 0.4) is 0 Å². The molecule has 0 bridgehead atoms. The van der Waals surface area contributed by atoms with Gasteiger partial charge in [0, 0.05) is 32.8 Å². The predicted molar refractivity (Wildman–Crippen MR) is 125 cm³/mol. The number of halogens is 1. The fourth-order valence-electron chi connectivity index (χ4n) is 4.54. The van der Waals surface area contributed by atoms with Crippen LogP contribution in [0.2, 0.25) is 0 Å². The Bertz CT molecular complexity index is 921. The molecule has 2 heterocycles. The van der Waals surface area contributed by atoms with E-state index < -0.39 is 5.54 Å². The number of Topliss-reactive ketones (excluding diaryl/α,β-unsaturated/α-hetero) is 1. The number of carbonyl (C=O) groups is 1. The summed E-state index contributed by atoms with van der Waals surface area (Å²) in [6.07, 6.45) is 17.0. The third-order valence-corrected chi connectivity index (χ3v) is 6.44. The average molecular weight is 424 g/mol. The molecule has 4 nitrogen and oxygen atoms in total. The quantitative estimate of drug-likeness (QED) is 0.533. The summed E-state index contributed by atoms with van der Waals surface area (Å²) >= 11 is 0. The number of fused-ring (bicyclic) bond motifs is 1. The van der Waals surface area contributed by atoms with Crippen LogP contribution < -0.4 is 5.32 Å². The summed E-state index contributed by atoms with van der Waals surface area (Å²) in [7, 11) is 3.65. The molecule has 2 aliphatic heterocycles. The Kier molecular flexibility index (Phi) is 6.91. The zero-order valence-electron chi connectivity index (χ0n) is 19.3. The number of rotatable bonds is 5. The van der Waals surface area contributed by atoms with Crippen molar-refractivity contribution in [2.45, 2.75) is 51.6 Å². The van der Waals surface area contributed by atoms with Crippen LogP contribution >= 0.6 is 0 Å². The van der Waals surface area contributed by atoms with Gasteiger partial charge in [-0.3, -0.25) is 4.79 Å². The van der Waals surface area contributed by atoms with Gasteiger partial charge in [0.05, 0.1) is 16.8 Å². The molecule has 0 aromatic heterocycles. The van der Waals surface area contributed by atoms with Gasteiger partial charge in [0.2, 0.25) is 5.78 Å². The summed E-state index contributed by atoms with van der Waals surface area (Å²) in [5, 5.41) is 3.33. The third kappa shape index (κ3) is 5.02. The number of hydrogen-bond acceptors (Lipinski definition) is 4. The van der Waals surface area contributed by atoms with Crippen molar-refractivity contribution in [3.05, 3.63) is 58.7 Å². The van der Waals surface area contributed by atoms with Crippen molar-refractivity contribution >= 4 is 5.78 Å². The zero-order valence-corrected chi connectivity index (χ0v) is 19.3. The van der Waals surface area contributed by atoms with E-state index in [-0.39, 0.29) is 29.5 Å². The van der Waals surface area contributed by atoms with E-state index in [4.69, 9.17) is 6.42 Å². The van der Waals surface area contributed by atoms with Crippen LogP contribution in [0.4, 0.5) is 4.39 Å². The third-order valence-electron chi connectivity index (χ3n) is 6.44. The molecule has 166 valence electrons. The van der Waals surface area contributed by atoms with Crippen molar-refractivity contribution in [1.82, 2.24) is 15.1 Å². The van der Waals surface area contributed by atoms with Crippen molar-refractivity contribution in [2.75, 3.05) is 27.2 Å². The second-order valence-electron chi connectivity index (χ2n) is 9.33. The van der Waals surface area contributed by atoms with Gasteiger partial charge in [-0.25, -0.2) is 4.39 Å². The molecule has 1 atom stereocenters. The molecule has 31 heavy (non-hydrogen) atoms. The number of ketones is 1. The van der Waals surface area contributed by atoms with E-state index in [1.807, 2.05) is 39.2 Å². The Morgan fingerprint density at radius 2 is 2.06 bits per heavy atom. The second-order valence-corrected chi connectivity index (χ2v) is 9.33. The summed E-state index contributed by atoms with van der Waals surface area (Å²) in [5.41, 5.74) is 1.86. The number of allylic oxidation sites excluding steroid dienone is 5. The van der Waals surface area contributed by atoms with Crippen molar-refractivity contribution in [1.29, 1.82) is 0 Å². The fourth-order valence-corrected chi connectivity index (χ4v) is 4.54. The Morgan fingerprint density at radius 3 is 2.65 bits per heavy atom. The van der Waals surface area contributed by atoms with Crippen LogP contribution in [0.5, 0.6) is 0 Å². The van der Waals surface area contributed by atoms with Gasteiger partial charge in [-0.2, -0.15) is 0 Å². The molecule has 0 radical (unpaired) electrons. The molecule has 0 aromatic rings. The van der Waals surface area contributed by atoms with Crippen molar-refractivity contribution in [3.8, 4) is 12.3 Å².